The van der Waals surface area contributed by atoms with Gasteiger partial charge in [-0.2, -0.15) is 0 Å². The summed E-state index contributed by atoms with van der Waals surface area (Å²) in [6.07, 6.45) is 0.337. The fraction of sp³-hybridized carbons (Fsp3) is 0.462. The summed E-state index contributed by atoms with van der Waals surface area (Å²) in [6.45, 7) is 0. The Morgan fingerprint density at radius 3 is 2.42 bits per heavy atom. The monoisotopic (exact) mass is 334 g/mol. The van der Waals surface area contributed by atoms with Crippen molar-refractivity contribution in [2.45, 2.75) is 18.6 Å². The Bertz CT molecular complexity index is 446. The molecule has 0 aliphatic heterocycles. The lowest BCUT2D eigenvalue weighted by molar-refractivity contribution is -0.222. The van der Waals surface area contributed by atoms with Gasteiger partial charge in [0.15, 0.2) is 5.79 Å². The second-order valence-corrected chi connectivity index (χ2v) is 4.72. The number of halogens is 2. The number of hydrogen-bond donors (Lipinski definition) is 0. The van der Waals surface area contributed by atoms with Crippen molar-refractivity contribution in [3.63, 3.8) is 0 Å². The first-order chi connectivity index (χ1) is 8.99. The molecule has 1 rings (SSSR count). The number of rotatable bonds is 6. The summed E-state index contributed by atoms with van der Waals surface area (Å²) in [4.78, 5) is 11.2. The fourth-order valence-corrected chi connectivity index (χ4v) is 2.02. The van der Waals surface area contributed by atoms with Gasteiger partial charge in [-0.15, -0.1) is 0 Å². The van der Waals surface area contributed by atoms with E-state index in [4.69, 9.17) is 9.47 Å². The largest absolute Gasteiger partial charge is 0.469 e. The normalized spacial score (nSPS) is 11.4. The van der Waals surface area contributed by atoms with E-state index in [1.807, 2.05) is 0 Å². The first-order valence-electron chi connectivity index (χ1n) is 5.61. The van der Waals surface area contributed by atoms with Crippen LogP contribution in [0.15, 0.2) is 22.7 Å². The second-order valence-electron chi connectivity index (χ2n) is 3.87. The molecule has 19 heavy (non-hydrogen) atoms. The Hall–Kier alpha value is -0.980. The summed E-state index contributed by atoms with van der Waals surface area (Å²) in [5.41, 5.74) is 0.502. The first-order valence-corrected chi connectivity index (χ1v) is 6.41. The number of methoxy groups -OCH3 is 3. The summed E-state index contributed by atoms with van der Waals surface area (Å²) >= 11 is 3.08. The van der Waals surface area contributed by atoms with Crippen LogP contribution in [-0.2, 0) is 24.8 Å². The minimum absolute atomic E-state index is 0.107. The third-order valence-corrected chi connectivity index (χ3v) is 3.55. The first kappa shape index (κ1) is 16.1. The third-order valence-electron chi connectivity index (χ3n) is 2.90. The summed E-state index contributed by atoms with van der Waals surface area (Å²) in [6, 6.07) is 4.56. The van der Waals surface area contributed by atoms with Crippen molar-refractivity contribution in [1.29, 1.82) is 0 Å². The maximum atomic E-state index is 13.6. The maximum Gasteiger partial charge on any atom is 0.305 e. The van der Waals surface area contributed by atoms with Crippen molar-refractivity contribution in [2.24, 2.45) is 0 Å². The predicted octanol–water partition coefficient (Wildman–Crippen LogP) is 2.99. The molecule has 0 aliphatic rings. The van der Waals surface area contributed by atoms with Crippen LogP contribution in [0.3, 0.4) is 0 Å². The zero-order chi connectivity index (χ0) is 14.5. The van der Waals surface area contributed by atoms with E-state index in [9.17, 15) is 9.18 Å². The SMILES string of the molecule is COC(=O)CCC(OC)(OC)c1ccc(Br)c(F)c1. The van der Waals surface area contributed by atoms with Gasteiger partial charge in [-0.25, -0.2) is 4.39 Å². The van der Waals surface area contributed by atoms with Gasteiger partial charge in [-0.05, 0) is 28.1 Å². The Morgan fingerprint density at radius 1 is 1.32 bits per heavy atom. The van der Waals surface area contributed by atoms with E-state index in [1.54, 1.807) is 12.1 Å². The van der Waals surface area contributed by atoms with Gasteiger partial charge in [0.25, 0.3) is 0 Å². The number of carbonyl (C=O) groups excluding carboxylic acids is 1. The van der Waals surface area contributed by atoms with E-state index in [2.05, 4.69) is 20.7 Å². The summed E-state index contributed by atoms with van der Waals surface area (Å²) in [5.74, 6) is -1.97. The standard InChI is InChI=1S/C13H16BrFO4/c1-17-12(16)6-7-13(18-2,19-3)9-4-5-10(14)11(15)8-9/h4-5,8H,6-7H2,1-3H3. The average molecular weight is 335 g/mol. The lowest BCUT2D eigenvalue weighted by atomic mass is 10.00. The molecule has 1 aromatic rings. The van der Waals surface area contributed by atoms with Gasteiger partial charge in [0.05, 0.1) is 18.0 Å². The van der Waals surface area contributed by atoms with Crippen LogP contribution in [0.5, 0.6) is 0 Å². The predicted molar refractivity (Wildman–Crippen MR) is 71.0 cm³/mol. The highest BCUT2D eigenvalue weighted by Gasteiger charge is 2.33. The summed E-state index contributed by atoms with van der Waals surface area (Å²) in [7, 11) is 4.20. The molecule has 0 amide bonds. The topological polar surface area (TPSA) is 44.8 Å². The molecule has 4 nitrogen and oxygen atoms in total. The Balaban J connectivity index is 3.03. The molecule has 0 saturated heterocycles. The molecular weight excluding hydrogens is 319 g/mol. The van der Waals surface area contributed by atoms with Crippen LogP contribution in [-0.4, -0.2) is 27.3 Å². The van der Waals surface area contributed by atoms with E-state index in [-0.39, 0.29) is 18.8 Å². The molecule has 0 spiro atoms. The van der Waals surface area contributed by atoms with Crippen molar-refractivity contribution >= 4 is 21.9 Å². The smallest absolute Gasteiger partial charge is 0.305 e. The maximum absolute atomic E-state index is 13.6. The molecule has 0 N–H and O–H groups in total. The van der Waals surface area contributed by atoms with E-state index in [1.165, 1.54) is 27.4 Å². The molecule has 0 atom stereocenters. The summed E-state index contributed by atoms with van der Waals surface area (Å²) < 4.78 is 29.2. The van der Waals surface area contributed by atoms with Crippen LogP contribution in [0, 0.1) is 5.82 Å². The van der Waals surface area contributed by atoms with Gasteiger partial charge in [0, 0.05) is 26.2 Å². The zero-order valence-corrected chi connectivity index (χ0v) is 12.6. The molecule has 0 fully saturated rings. The molecular formula is C13H16BrFO4. The number of hydrogen-bond acceptors (Lipinski definition) is 4. The van der Waals surface area contributed by atoms with E-state index < -0.39 is 11.6 Å². The van der Waals surface area contributed by atoms with Crippen molar-refractivity contribution in [3.8, 4) is 0 Å². The summed E-state index contributed by atoms with van der Waals surface area (Å²) in [5, 5.41) is 0. The van der Waals surface area contributed by atoms with E-state index >= 15 is 0 Å². The van der Waals surface area contributed by atoms with Gasteiger partial charge in [-0.3, -0.25) is 4.79 Å². The highest BCUT2D eigenvalue weighted by molar-refractivity contribution is 9.10. The van der Waals surface area contributed by atoms with Crippen LogP contribution in [0.4, 0.5) is 4.39 Å². The van der Waals surface area contributed by atoms with Crippen LogP contribution < -0.4 is 0 Å². The fourth-order valence-electron chi connectivity index (χ4n) is 1.77. The lowest BCUT2D eigenvalue weighted by Crippen LogP contribution is -2.32. The highest BCUT2D eigenvalue weighted by Crippen LogP contribution is 2.33. The molecule has 6 heteroatoms. The highest BCUT2D eigenvalue weighted by atomic mass is 79.9. The zero-order valence-electron chi connectivity index (χ0n) is 11.0. The third kappa shape index (κ3) is 3.75. The molecule has 1 aromatic carbocycles. The molecule has 106 valence electrons. The molecule has 0 aliphatic carbocycles. The molecule has 0 saturated carbocycles. The van der Waals surface area contributed by atoms with Gasteiger partial charge in [0.2, 0.25) is 0 Å². The van der Waals surface area contributed by atoms with Gasteiger partial charge in [0.1, 0.15) is 5.82 Å². The molecule has 0 bridgehead atoms. The number of esters is 1. The second kappa shape index (κ2) is 6.98. The Kier molecular flexibility index (Phi) is 5.90. The van der Waals surface area contributed by atoms with Gasteiger partial charge >= 0.3 is 5.97 Å². The Labute approximate surface area is 120 Å². The number of carbonyl (C=O) groups is 1. The van der Waals surface area contributed by atoms with Gasteiger partial charge < -0.3 is 14.2 Å². The van der Waals surface area contributed by atoms with Crippen LogP contribution >= 0.6 is 15.9 Å². The van der Waals surface area contributed by atoms with E-state index in [0.29, 0.717) is 10.0 Å². The van der Waals surface area contributed by atoms with Crippen molar-refractivity contribution < 1.29 is 23.4 Å². The lowest BCUT2D eigenvalue weighted by Gasteiger charge is -2.31. The van der Waals surface area contributed by atoms with Crippen LogP contribution in [0.2, 0.25) is 0 Å². The minimum Gasteiger partial charge on any atom is -0.469 e. The molecule has 0 heterocycles. The number of ether oxygens (including phenoxy) is 3. The van der Waals surface area contributed by atoms with Crippen molar-refractivity contribution in [1.82, 2.24) is 0 Å². The van der Waals surface area contributed by atoms with Crippen LogP contribution in [0.25, 0.3) is 0 Å². The van der Waals surface area contributed by atoms with Crippen molar-refractivity contribution in [3.05, 3.63) is 34.1 Å². The number of benzene rings is 1. The molecule has 0 radical (unpaired) electrons. The van der Waals surface area contributed by atoms with Crippen LogP contribution in [0.1, 0.15) is 18.4 Å². The minimum atomic E-state index is -1.17. The van der Waals surface area contributed by atoms with Gasteiger partial charge in [-0.1, -0.05) is 6.07 Å². The Morgan fingerprint density at radius 2 is 1.95 bits per heavy atom. The van der Waals surface area contributed by atoms with Crippen molar-refractivity contribution in [2.75, 3.05) is 21.3 Å². The quantitative estimate of drug-likeness (QED) is 0.592. The average Bonchev–Trinajstić information content (AvgIpc) is 2.43. The molecule has 0 aromatic heterocycles. The molecule has 0 unspecified atom stereocenters. The van der Waals surface area contributed by atoms with E-state index in [0.717, 1.165) is 0 Å².